The molecule has 0 fully saturated rings. The average Bonchev–Trinajstić information content (AvgIpc) is 2.83. The second-order valence-corrected chi connectivity index (χ2v) is 4.17. The molecule has 4 heteroatoms. The van der Waals surface area contributed by atoms with Crippen LogP contribution in [-0.4, -0.2) is 16.2 Å². The van der Waals surface area contributed by atoms with Crippen LogP contribution < -0.4 is 0 Å². The highest BCUT2D eigenvalue weighted by atomic mass is 16.5. The fourth-order valence-corrected chi connectivity index (χ4v) is 1.61. The predicted octanol–water partition coefficient (Wildman–Crippen LogP) is 2.65. The van der Waals surface area contributed by atoms with E-state index in [9.17, 15) is 4.79 Å². The van der Waals surface area contributed by atoms with Gasteiger partial charge in [0.2, 0.25) is 0 Å². The van der Waals surface area contributed by atoms with Crippen molar-refractivity contribution in [3.05, 3.63) is 30.0 Å². The second-order valence-electron chi connectivity index (χ2n) is 4.17. The molecule has 0 amide bonds. The van der Waals surface area contributed by atoms with Gasteiger partial charge in [0.25, 0.3) is 0 Å². The topological polar surface area (TPSA) is 55.0 Å². The summed E-state index contributed by atoms with van der Waals surface area (Å²) in [6.07, 6.45) is 2.56. The highest BCUT2D eigenvalue weighted by molar-refractivity contribution is 5.81. The molecule has 1 N–H and O–H groups in total. The molecule has 17 heavy (non-hydrogen) atoms. The van der Waals surface area contributed by atoms with Crippen molar-refractivity contribution in [3.63, 3.8) is 0 Å². The van der Waals surface area contributed by atoms with Crippen LogP contribution in [-0.2, 0) is 16.1 Å². The van der Waals surface area contributed by atoms with E-state index in [1.165, 1.54) is 0 Å². The number of fused-ring (bicyclic) bond motifs is 1. The maximum Gasteiger partial charge on any atom is 0.308 e. The zero-order chi connectivity index (χ0) is 12.3. The molecular formula is C13H16N2O2. The molecule has 90 valence electrons. The number of carbonyl (C=O) groups is 1. The van der Waals surface area contributed by atoms with Gasteiger partial charge in [-0.15, -0.1) is 0 Å². The molecule has 1 aromatic heterocycles. The van der Waals surface area contributed by atoms with E-state index in [1.54, 1.807) is 6.20 Å². The molecule has 0 spiro atoms. The van der Waals surface area contributed by atoms with Crippen LogP contribution >= 0.6 is 0 Å². The quantitative estimate of drug-likeness (QED) is 0.824. The van der Waals surface area contributed by atoms with Gasteiger partial charge in [0.15, 0.2) is 0 Å². The number of benzene rings is 1. The van der Waals surface area contributed by atoms with Gasteiger partial charge in [0, 0.05) is 10.9 Å². The van der Waals surface area contributed by atoms with Crippen LogP contribution in [0.4, 0.5) is 0 Å². The minimum absolute atomic E-state index is 0.0454. The molecule has 0 saturated carbocycles. The van der Waals surface area contributed by atoms with Gasteiger partial charge in [-0.25, -0.2) is 0 Å². The van der Waals surface area contributed by atoms with E-state index in [2.05, 4.69) is 10.2 Å². The van der Waals surface area contributed by atoms with Crippen LogP contribution in [0.5, 0.6) is 0 Å². The number of ether oxygens (including phenoxy) is 1. The molecule has 1 aromatic carbocycles. The first kappa shape index (κ1) is 11.6. The summed E-state index contributed by atoms with van der Waals surface area (Å²) in [7, 11) is 0. The van der Waals surface area contributed by atoms with Gasteiger partial charge in [-0.05, 0) is 6.42 Å². The number of hydrogen-bond acceptors (Lipinski definition) is 3. The van der Waals surface area contributed by atoms with E-state index in [1.807, 2.05) is 32.0 Å². The van der Waals surface area contributed by atoms with E-state index in [0.29, 0.717) is 6.61 Å². The minimum Gasteiger partial charge on any atom is -0.461 e. The number of nitrogens with one attached hydrogen (secondary N) is 1. The SMILES string of the molecule is CCC(C)C(=O)OCc1cccc2cn[nH]c12. The number of carbonyl (C=O) groups excluding carboxylic acids is 1. The summed E-state index contributed by atoms with van der Waals surface area (Å²) < 4.78 is 5.27. The molecule has 0 aliphatic rings. The number of hydrogen-bond donors (Lipinski definition) is 1. The fourth-order valence-electron chi connectivity index (χ4n) is 1.61. The van der Waals surface area contributed by atoms with E-state index in [4.69, 9.17) is 4.74 Å². The van der Waals surface area contributed by atoms with Gasteiger partial charge in [0.05, 0.1) is 17.6 Å². The lowest BCUT2D eigenvalue weighted by Gasteiger charge is -2.09. The number of para-hydroxylation sites is 1. The largest absolute Gasteiger partial charge is 0.461 e. The summed E-state index contributed by atoms with van der Waals surface area (Å²) in [6.45, 7) is 4.14. The second kappa shape index (κ2) is 4.99. The van der Waals surface area contributed by atoms with Crippen LogP contribution in [0.3, 0.4) is 0 Å². The van der Waals surface area contributed by atoms with Crippen molar-refractivity contribution >= 4 is 16.9 Å². The van der Waals surface area contributed by atoms with Crippen molar-refractivity contribution in [2.75, 3.05) is 0 Å². The monoisotopic (exact) mass is 232 g/mol. The number of H-pyrrole nitrogens is 1. The van der Waals surface area contributed by atoms with Crippen molar-refractivity contribution in [2.24, 2.45) is 5.92 Å². The van der Waals surface area contributed by atoms with Gasteiger partial charge in [-0.1, -0.05) is 32.0 Å². The smallest absolute Gasteiger partial charge is 0.308 e. The van der Waals surface area contributed by atoms with Crippen molar-refractivity contribution in [1.82, 2.24) is 10.2 Å². The Morgan fingerprint density at radius 1 is 1.53 bits per heavy atom. The number of nitrogens with zero attached hydrogens (tertiary/aromatic N) is 1. The maximum absolute atomic E-state index is 11.6. The molecule has 0 radical (unpaired) electrons. The average molecular weight is 232 g/mol. The van der Waals surface area contributed by atoms with Gasteiger partial charge >= 0.3 is 5.97 Å². The lowest BCUT2D eigenvalue weighted by Crippen LogP contribution is -2.13. The Morgan fingerprint density at radius 2 is 2.35 bits per heavy atom. The predicted molar refractivity (Wildman–Crippen MR) is 65.3 cm³/mol. The number of esters is 1. The van der Waals surface area contributed by atoms with Gasteiger partial charge in [-0.2, -0.15) is 5.10 Å². The number of aromatic nitrogens is 2. The Bertz CT molecular complexity index is 519. The van der Waals surface area contributed by atoms with Crippen molar-refractivity contribution in [2.45, 2.75) is 26.9 Å². The van der Waals surface area contributed by atoms with Gasteiger partial charge in [-0.3, -0.25) is 9.89 Å². The number of aromatic amines is 1. The number of rotatable bonds is 4. The molecule has 1 unspecified atom stereocenters. The summed E-state index contributed by atoms with van der Waals surface area (Å²) in [4.78, 5) is 11.6. The molecule has 0 saturated heterocycles. The summed E-state index contributed by atoms with van der Waals surface area (Å²) in [6, 6.07) is 5.84. The Labute approximate surface area is 100.0 Å². The molecule has 0 bridgehead atoms. The Hall–Kier alpha value is -1.84. The Kier molecular flexibility index (Phi) is 3.42. The van der Waals surface area contributed by atoms with Crippen molar-refractivity contribution < 1.29 is 9.53 Å². The first-order valence-electron chi connectivity index (χ1n) is 5.80. The summed E-state index contributed by atoms with van der Waals surface area (Å²) in [5, 5.41) is 7.92. The first-order chi connectivity index (χ1) is 8.22. The maximum atomic E-state index is 11.6. The Balaban J connectivity index is 2.09. The molecular weight excluding hydrogens is 216 g/mol. The van der Waals surface area contributed by atoms with E-state index >= 15 is 0 Å². The molecule has 2 aromatic rings. The minimum atomic E-state index is -0.149. The fraction of sp³-hybridized carbons (Fsp3) is 0.385. The standard InChI is InChI=1S/C13H16N2O2/c1-3-9(2)13(16)17-8-11-6-4-5-10-7-14-15-12(10)11/h4-7,9H,3,8H2,1-2H3,(H,14,15). The zero-order valence-corrected chi connectivity index (χ0v) is 10.1. The van der Waals surface area contributed by atoms with Crippen molar-refractivity contribution in [3.8, 4) is 0 Å². The van der Waals surface area contributed by atoms with E-state index in [0.717, 1.165) is 22.9 Å². The third-order valence-electron chi connectivity index (χ3n) is 2.95. The van der Waals surface area contributed by atoms with Crippen LogP contribution in [0.2, 0.25) is 0 Å². The van der Waals surface area contributed by atoms with E-state index in [-0.39, 0.29) is 11.9 Å². The molecule has 1 heterocycles. The molecule has 1 atom stereocenters. The van der Waals surface area contributed by atoms with Crippen LogP contribution in [0.1, 0.15) is 25.8 Å². The highest BCUT2D eigenvalue weighted by Gasteiger charge is 2.12. The normalized spacial score (nSPS) is 12.6. The molecule has 0 aliphatic carbocycles. The summed E-state index contributed by atoms with van der Waals surface area (Å²) >= 11 is 0. The molecule has 2 rings (SSSR count). The summed E-state index contributed by atoms with van der Waals surface area (Å²) in [5.74, 6) is -0.194. The van der Waals surface area contributed by atoms with Gasteiger partial charge in [0.1, 0.15) is 6.61 Å². The first-order valence-corrected chi connectivity index (χ1v) is 5.80. The lowest BCUT2D eigenvalue weighted by atomic mass is 10.1. The zero-order valence-electron chi connectivity index (χ0n) is 10.1. The van der Waals surface area contributed by atoms with E-state index < -0.39 is 0 Å². The van der Waals surface area contributed by atoms with Crippen LogP contribution in [0.15, 0.2) is 24.4 Å². The third kappa shape index (κ3) is 2.46. The van der Waals surface area contributed by atoms with Crippen LogP contribution in [0, 0.1) is 5.92 Å². The highest BCUT2D eigenvalue weighted by Crippen LogP contribution is 2.17. The van der Waals surface area contributed by atoms with Crippen LogP contribution in [0.25, 0.3) is 10.9 Å². The van der Waals surface area contributed by atoms with Crippen molar-refractivity contribution in [1.29, 1.82) is 0 Å². The molecule has 4 nitrogen and oxygen atoms in total. The Morgan fingerprint density at radius 3 is 3.12 bits per heavy atom. The lowest BCUT2D eigenvalue weighted by molar-refractivity contribution is -0.149. The molecule has 0 aliphatic heterocycles. The third-order valence-corrected chi connectivity index (χ3v) is 2.95. The van der Waals surface area contributed by atoms with Gasteiger partial charge < -0.3 is 4.74 Å². The summed E-state index contributed by atoms with van der Waals surface area (Å²) in [5.41, 5.74) is 1.89.